The highest BCUT2D eigenvalue weighted by Gasteiger charge is 2.43. The highest BCUT2D eigenvalue weighted by molar-refractivity contribution is 8.25. The summed E-state index contributed by atoms with van der Waals surface area (Å²) in [7, 11) is 0. The third-order valence-corrected chi connectivity index (χ3v) is 6.59. The van der Waals surface area contributed by atoms with E-state index in [0.29, 0.717) is 27.7 Å². The van der Waals surface area contributed by atoms with Crippen molar-refractivity contribution in [3.05, 3.63) is 59.9 Å². The molecule has 5 nitrogen and oxygen atoms in total. The summed E-state index contributed by atoms with van der Waals surface area (Å²) in [4.78, 5) is 23.0. The van der Waals surface area contributed by atoms with Crippen LogP contribution in [0.25, 0.3) is 0 Å². The second kappa shape index (κ2) is 8.64. The van der Waals surface area contributed by atoms with Crippen molar-refractivity contribution >= 4 is 62.7 Å². The molecule has 9 heteroatoms. The van der Waals surface area contributed by atoms with Gasteiger partial charge in [-0.05, 0) is 48.9 Å². The average molecular weight is 446 g/mol. The van der Waals surface area contributed by atoms with E-state index in [1.807, 2.05) is 37.3 Å². The number of amidine groups is 2. The molecule has 1 saturated heterocycles. The molecule has 148 valence electrons. The molecule has 1 fully saturated rings. The number of carbonyl (C=O) groups excluding carboxylic acids is 1. The van der Waals surface area contributed by atoms with E-state index in [9.17, 15) is 9.18 Å². The van der Waals surface area contributed by atoms with Crippen LogP contribution < -0.4 is 9.64 Å². The first-order valence-electron chi connectivity index (χ1n) is 8.87. The number of halogens is 1. The standard InChI is InChI=1S/C20H16FN3O2S3/c1-2-26-15-8-6-14(7-9-15)24-17-16(29-20(24)27)18(25)23-19(22-17)28-11-12-4-3-5-13(21)10-12/h3-10,16H,2,11H2,1H3. The SMILES string of the molecule is CCOc1ccc(N2C(=S)SC3C(=O)N=C(SCc4cccc(F)c4)N=C32)cc1. The summed E-state index contributed by atoms with van der Waals surface area (Å²) in [5, 5.41) is -0.181. The molecule has 2 aromatic rings. The number of carbonyl (C=O) groups is 1. The van der Waals surface area contributed by atoms with E-state index in [0.717, 1.165) is 17.0 Å². The molecule has 1 unspecified atom stereocenters. The average Bonchev–Trinajstić information content (AvgIpc) is 3.04. The zero-order valence-electron chi connectivity index (χ0n) is 15.4. The maximum atomic E-state index is 13.4. The number of hydrogen-bond acceptors (Lipinski definition) is 6. The second-order valence-electron chi connectivity index (χ2n) is 6.15. The first-order chi connectivity index (χ1) is 14.0. The van der Waals surface area contributed by atoms with E-state index >= 15 is 0 Å². The molecule has 0 aliphatic carbocycles. The Morgan fingerprint density at radius 1 is 1.24 bits per heavy atom. The van der Waals surface area contributed by atoms with Gasteiger partial charge in [0.05, 0.1) is 6.61 Å². The fourth-order valence-corrected chi connectivity index (χ4v) is 5.10. The topological polar surface area (TPSA) is 54.3 Å². The maximum Gasteiger partial charge on any atom is 0.269 e. The van der Waals surface area contributed by atoms with Gasteiger partial charge in [-0.3, -0.25) is 9.69 Å². The molecule has 0 aromatic heterocycles. The van der Waals surface area contributed by atoms with Crippen molar-refractivity contribution in [2.24, 2.45) is 9.98 Å². The quantitative estimate of drug-likeness (QED) is 0.624. The number of rotatable bonds is 5. The summed E-state index contributed by atoms with van der Waals surface area (Å²) in [6, 6.07) is 13.8. The van der Waals surface area contributed by atoms with E-state index < -0.39 is 5.25 Å². The lowest BCUT2D eigenvalue weighted by Gasteiger charge is -2.21. The van der Waals surface area contributed by atoms with E-state index in [1.165, 1.54) is 35.7 Å². The van der Waals surface area contributed by atoms with Crippen LogP contribution in [-0.2, 0) is 10.5 Å². The van der Waals surface area contributed by atoms with Gasteiger partial charge in [0.1, 0.15) is 21.7 Å². The van der Waals surface area contributed by atoms with Crippen LogP contribution in [0.1, 0.15) is 12.5 Å². The van der Waals surface area contributed by atoms with Crippen LogP contribution in [0.4, 0.5) is 10.1 Å². The molecule has 2 aliphatic heterocycles. The monoisotopic (exact) mass is 445 g/mol. The van der Waals surface area contributed by atoms with Gasteiger partial charge in [0.15, 0.2) is 10.4 Å². The molecule has 2 aliphatic rings. The lowest BCUT2D eigenvalue weighted by molar-refractivity contribution is -0.116. The Kier molecular flexibility index (Phi) is 5.98. The van der Waals surface area contributed by atoms with Gasteiger partial charge in [0, 0.05) is 11.4 Å². The lowest BCUT2D eigenvalue weighted by atomic mass is 10.2. The number of anilines is 1. The number of fused-ring (bicyclic) bond motifs is 1. The van der Waals surface area contributed by atoms with Crippen molar-refractivity contribution in [3.63, 3.8) is 0 Å². The largest absolute Gasteiger partial charge is 0.494 e. The number of thiocarbonyl (C=S) groups is 1. The van der Waals surface area contributed by atoms with E-state index in [2.05, 4.69) is 9.98 Å². The number of amides is 1. The Balaban J connectivity index is 1.56. The second-order valence-corrected chi connectivity index (χ2v) is 8.83. The van der Waals surface area contributed by atoms with E-state index in [4.69, 9.17) is 17.0 Å². The van der Waals surface area contributed by atoms with Crippen molar-refractivity contribution in [1.82, 2.24) is 0 Å². The molecular formula is C20H16FN3O2S3. The number of aliphatic imine (C=N–C) groups is 2. The highest BCUT2D eigenvalue weighted by Crippen LogP contribution is 2.36. The predicted octanol–water partition coefficient (Wildman–Crippen LogP) is 4.66. The molecule has 29 heavy (non-hydrogen) atoms. The summed E-state index contributed by atoms with van der Waals surface area (Å²) in [6.07, 6.45) is 0. The Hall–Kier alpha value is -2.23. The number of nitrogens with zero attached hydrogens (tertiary/aromatic N) is 3. The van der Waals surface area contributed by atoms with Gasteiger partial charge in [-0.15, -0.1) is 0 Å². The zero-order valence-corrected chi connectivity index (χ0v) is 17.8. The van der Waals surface area contributed by atoms with E-state index in [1.54, 1.807) is 11.0 Å². The van der Waals surface area contributed by atoms with Gasteiger partial charge in [0.25, 0.3) is 5.91 Å². The molecule has 0 N–H and O–H groups in total. The van der Waals surface area contributed by atoms with Crippen LogP contribution in [0.2, 0.25) is 0 Å². The predicted molar refractivity (Wildman–Crippen MR) is 122 cm³/mol. The van der Waals surface area contributed by atoms with Crippen LogP contribution in [0.5, 0.6) is 5.75 Å². The Labute approximate surface area is 181 Å². The van der Waals surface area contributed by atoms with Gasteiger partial charge in [0.2, 0.25) is 0 Å². The van der Waals surface area contributed by atoms with Crippen molar-refractivity contribution in [2.45, 2.75) is 17.9 Å². The van der Waals surface area contributed by atoms with Crippen LogP contribution in [0.15, 0.2) is 58.5 Å². The van der Waals surface area contributed by atoms with Crippen molar-refractivity contribution in [1.29, 1.82) is 0 Å². The van der Waals surface area contributed by atoms with Gasteiger partial charge < -0.3 is 4.74 Å². The normalized spacial score (nSPS) is 18.4. The minimum absolute atomic E-state index is 0.280. The highest BCUT2D eigenvalue weighted by atomic mass is 32.2. The summed E-state index contributed by atoms with van der Waals surface area (Å²) in [6.45, 7) is 2.51. The fourth-order valence-electron chi connectivity index (χ4n) is 2.90. The van der Waals surface area contributed by atoms with Crippen LogP contribution >= 0.6 is 35.7 Å². The molecule has 4 rings (SSSR count). The third kappa shape index (κ3) is 4.36. The number of benzene rings is 2. The molecule has 2 heterocycles. The summed E-state index contributed by atoms with van der Waals surface area (Å²) in [5.41, 5.74) is 1.61. The van der Waals surface area contributed by atoms with Gasteiger partial charge in [-0.25, -0.2) is 9.38 Å². The Morgan fingerprint density at radius 3 is 2.76 bits per heavy atom. The minimum atomic E-state index is -0.535. The maximum absolute atomic E-state index is 13.4. The van der Waals surface area contributed by atoms with Gasteiger partial charge in [-0.1, -0.05) is 47.9 Å². The first kappa shape index (κ1) is 20.1. The van der Waals surface area contributed by atoms with Crippen LogP contribution in [0.3, 0.4) is 0 Å². The first-order valence-corrected chi connectivity index (χ1v) is 11.1. The minimum Gasteiger partial charge on any atom is -0.494 e. The van der Waals surface area contributed by atoms with Crippen molar-refractivity contribution < 1.29 is 13.9 Å². The molecule has 1 amide bonds. The van der Waals surface area contributed by atoms with Crippen molar-refractivity contribution in [3.8, 4) is 5.75 Å². The molecular weight excluding hydrogens is 429 g/mol. The third-order valence-electron chi connectivity index (χ3n) is 4.17. The van der Waals surface area contributed by atoms with Crippen molar-refractivity contribution in [2.75, 3.05) is 11.5 Å². The number of hydrogen-bond donors (Lipinski definition) is 0. The lowest BCUT2D eigenvalue weighted by Crippen LogP contribution is -2.37. The Morgan fingerprint density at radius 2 is 2.03 bits per heavy atom. The summed E-state index contributed by atoms with van der Waals surface area (Å²) in [5.74, 6) is 1.21. The molecule has 2 aromatic carbocycles. The molecule has 0 saturated carbocycles. The number of ether oxygens (including phenoxy) is 1. The fraction of sp³-hybridized carbons (Fsp3) is 0.200. The summed E-state index contributed by atoms with van der Waals surface area (Å²) < 4.78 is 19.4. The smallest absolute Gasteiger partial charge is 0.269 e. The van der Waals surface area contributed by atoms with Gasteiger partial charge >= 0.3 is 0 Å². The zero-order chi connectivity index (χ0) is 20.4. The molecule has 0 bridgehead atoms. The van der Waals surface area contributed by atoms with Gasteiger partial charge in [-0.2, -0.15) is 4.99 Å². The molecule has 1 atom stereocenters. The van der Waals surface area contributed by atoms with Crippen LogP contribution in [0, 0.1) is 5.82 Å². The van der Waals surface area contributed by atoms with Crippen LogP contribution in [-0.4, -0.2) is 33.1 Å². The summed E-state index contributed by atoms with van der Waals surface area (Å²) >= 11 is 8.06. The molecule has 0 spiro atoms. The Bertz CT molecular complexity index is 1020. The number of thioether (sulfide) groups is 2. The molecule has 0 radical (unpaired) electrons. The van der Waals surface area contributed by atoms with E-state index in [-0.39, 0.29) is 11.7 Å².